The van der Waals surface area contributed by atoms with Gasteiger partial charge in [-0.05, 0) is 25.7 Å². The molecule has 2 fully saturated rings. The predicted octanol–water partition coefficient (Wildman–Crippen LogP) is 0.366. The Morgan fingerprint density at radius 3 is 2.26 bits per heavy atom. The highest BCUT2D eigenvalue weighted by atomic mass is 32.2. The molecule has 0 bridgehead atoms. The maximum absolute atomic E-state index is 12.4. The molecular formula is C11H22N4O3S. The van der Waals surface area contributed by atoms with Gasteiger partial charge in [-0.2, -0.15) is 17.4 Å². The predicted molar refractivity (Wildman–Crippen MR) is 72.1 cm³/mol. The van der Waals surface area contributed by atoms with E-state index < -0.39 is 15.7 Å². The van der Waals surface area contributed by atoms with Crippen LogP contribution in [0, 0.1) is 0 Å². The van der Waals surface area contributed by atoms with Crippen molar-refractivity contribution in [2.24, 2.45) is 10.9 Å². The molecule has 0 unspecified atom stereocenters. The molecule has 0 radical (unpaired) electrons. The molecule has 1 saturated heterocycles. The zero-order valence-corrected chi connectivity index (χ0v) is 11.8. The van der Waals surface area contributed by atoms with Crippen LogP contribution in [0.25, 0.3) is 0 Å². The van der Waals surface area contributed by atoms with Crippen LogP contribution in [-0.2, 0) is 10.2 Å². The third-order valence-corrected chi connectivity index (χ3v) is 5.73. The smallest absolute Gasteiger partial charge is 0.280 e. The fourth-order valence-electron chi connectivity index (χ4n) is 2.90. The van der Waals surface area contributed by atoms with Crippen molar-refractivity contribution in [3.05, 3.63) is 0 Å². The first kappa shape index (κ1) is 14.5. The molecule has 1 heterocycles. The van der Waals surface area contributed by atoms with Crippen molar-refractivity contribution >= 4 is 16.0 Å². The molecule has 1 aliphatic heterocycles. The molecule has 1 saturated carbocycles. The first-order chi connectivity index (χ1) is 9.00. The molecular weight excluding hydrogens is 268 g/mol. The van der Waals surface area contributed by atoms with Crippen LogP contribution in [0.2, 0.25) is 0 Å². The van der Waals surface area contributed by atoms with E-state index in [1.54, 1.807) is 0 Å². The van der Waals surface area contributed by atoms with E-state index in [1.807, 2.05) is 0 Å². The minimum atomic E-state index is -3.57. The highest BCUT2D eigenvalue weighted by molar-refractivity contribution is 7.87. The lowest BCUT2D eigenvalue weighted by Crippen LogP contribution is -2.59. The molecule has 2 aliphatic rings. The molecule has 110 valence electrons. The van der Waals surface area contributed by atoms with E-state index in [0.717, 1.165) is 32.1 Å². The number of amidine groups is 1. The lowest BCUT2D eigenvalue weighted by Gasteiger charge is -2.33. The molecule has 19 heavy (non-hydrogen) atoms. The third kappa shape index (κ3) is 3.01. The summed E-state index contributed by atoms with van der Waals surface area (Å²) in [5.41, 5.74) is 4.79. The Bertz CT molecular complexity index is 437. The Balaban J connectivity index is 2.16. The maximum Gasteiger partial charge on any atom is 0.280 e. The van der Waals surface area contributed by atoms with Crippen LogP contribution in [-0.4, -0.2) is 42.4 Å². The van der Waals surface area contributed by atoms with Crippen LogP contribution in [0.5, 0.6) is 0 Å². The summed E-state index contributed by atoms with van der Waals surface area (Å²) in [4.78, 5) is 0. The molecule has 2 rings (SSSR count). The monoisotopic (exact) mass is 290 g/mol. The second kappa shape index (κ2) is 5.64. The molecule has 0 atom stereocenters. The summed E-state index contributed by atoms with van der Waals surface area (Å²) in [7, 11) is -3.57. The van der Waals surface area contributed by atoms with E-state index >= 15 is 0 Å². The minimum Gasteiger partial charge on any atom is -0.409 e. The van der Waals surface area contributed by atoms with Gasteiger partial charge < -0.3 is 10.9 Å². The summed E-state index contributed by atoms with van der Waals surface area (Å²) in [5.74, 6) is -0.0365. The average molecular weight is 290 g/mol. The summed E-state index contributed by atoms with van der Waals surface area (Å²) in [6.07, 6.45) is 5.75. The van der Waals surface area contributed by atoms with Gasteiger partial charge in [0.25, 0.3) is 10.2 Å². The second-order valence-electron chi connectivity index (χ2n) is 5.34. The number of piperidine rings is 1. The topological polar surface area (TPSA) is 108 Å². The lowest BCUT2D eigenvalue weighted by molar-refractivity contribution is 0.306. The number of oxime groups is 1. The molecule has 0 aromatic heterocycles. The summed E-state index contributed by atoms with van der Waals surface area (Å²) < 4.78 is 28.9. The molecule has 0 amide bonds. The fourth-order valence-corrected chi connectivity index (χ4v) is 4.57. The number of rotatable bonds is 4. The molecule has 0 aromatic rings. The Morgan fingerprint density at radius 1 is 1.16 bits per heavy atom. The number of hydrogen-bond acceptors (Lipinski definition) is 4. The molecule has 4 N–H and O–H groups in total. The van der Waals surface area contributed by atoms with Crippen LogP contribution in [0.3, 0.4) is 0 Å². The fraction of sp³-hybridized carbons (Fsp3) is 0.909. The van der Waals surface area contributed by atoms with E-state index in [0.29, 0.717) is 25.9 Å². The highest BCUT2D eigenvalue weighted by Crippen LogP contribution is 2.31. The van der Waals surface area contributed by atoms with Crippen molar-refractivity contribution in [3.8, 4) is 0 Å². The van der Waals surface area contributed by atoms with Crippen molar-refractivity contribution in [1.82, 2.24) is 9.03 Å². The van der Waals surface area contributed by atoms with E-state index in [9.17, 15) is 8.42 Å². The summed E-state index contributed by atoms with van der Waals surface area (Å²) >= 11 is 0. The van der Waals surface area contributed by atoms with Crippen LogP contribution in [0.15, 0.2) is 5.16 Å². The Kier molecular flexibility index (Phi) is 4.32. The van der Waals surface area contributed by atoms with Crippen LogP contribution < -0.4 is 10.5 Å². The third-order valence-electron chi connectivity index (χ3n) is 4.03. The van der Waals surface area contributed by atoms with E-state index in [4.69, 9.17) is 10.9 Å². The summed E-state index contributed by atoms with van der Waals surface area (Å²) in [6.45, 7) is 1.09. The Hall–Kier alpha value is -0.860. The Labute approximate surface area is 114 Å². The van der Waals surface area contributed by atoms with E-state index in [2.05, 4.69) is 9.88 Å². The van der Waals surface area contributed by atoms with Crippen LogP contribution in [0.1, 0.15) is 44.9 Å². The Morgan fingerprint density at radius 2 is 1.74 bits per heavy atom. The SMILES string of the molecule is N/C(=N/O)C1(NS(=O)(=O)N2CCCCC2)CCCC1. The first-order valence-electron chi connectivity index (χ1n) is 6.77. The molecule has 0 spiro atoms. The zero-order valence-electron chi connectivity index (χ0n) is 11.0. The molecule has 1 aliphatic carbocycles. The van der Waals surface area contributed by atoms with Crippen LogP contribution >= 0.6 is 0 Å². The number of hydrogen-bond donors (Lipinski definition) is 3. The quantitative estimate of drug-likeness (QED) is 0.301. The van der Waals surface area contributed by atoms with Crippen molar-refractivity contribution in [2.75, 3.05) is 13.1 Å². The van der Waals surface area contributed by atoms with Gasteiger partial charge in [-0.1, -0.05) is 24.4 Å². The van der Waals surface area contributed by atoms with Crippen molar-refractivity contribution in [3.63, 3.8) is 0 Å². The molecule has 8 heteroatoms. The standard InChI is InChI=1S/C11H22N4O3S/c12-10(13-16)11(6-2-3-7-11)14-19(17,18)15-8-4-1-5-9-15/h14,16H,1-9H2,(H2,12,13). The normalized spacial score (nSPS) is 25.6. The number of nitrogens with one attached hydrogen (secondary N) is 1. The van der Waals surface area contributed by atoms with Gasteiger partial charge >= 0.3 is 0 Å². The van der Waals surface area contributed by atoms with Gasteiger partial charge in [0.05, 0.1) is 5.54 Å². The zero-order chi connectivity index (χ0) is 13.9. The first-order valence-corrected chi connectivity index (χ1v) is 8.21. The minimum absolute atomic E-state index is 0.0365. The largest absolute Gasteiger partial charge is 0.409 e. The van der Waals surface area contributed by atoms with Gasteiger partial charge in [0.1, 0.15) is 0 Å². The van der Waals surface area contributed by atoms with Gasteiger partial charge in [0.2, 0.25) is 0 Å². The average Bonchev–Trinajstić information content (AvgIpc) is 2.88. The molecule has 0 aromatic carbocycles. The van der Waals surface area contributed by atoms with Gasteiger partial charge in [-0.15, -0.1) is 0 Å². The summed E-state index contributed by atoms with van der Waals surface area (Å²) in [5, 5.41) is 11.9. The number of nitrogens with two attached hydrogens (primary N) is 1. The lowest BCUT2D eigenvalue weighted by atomic mass is 9.98. The number of nitrogens with zero attached hydrogens (tertiary/aromatic N) is 2. The van der Waals surface area contributed by atoms with E-state index in [-0.39, 0.29) is 5.84 Å². The van der Waals surface area contributed by atoms with E-state index in [1.165, 1.54) is 4.31 Å². The van der Waals surface area contributed by atoms with Crippen molar-refractivity contribution < 1.29 is 13.6 Å². The maximum atomic E-state index is 12.4. The summed E-state index contributed by atoms with van der Waals surface area (Å²) in [6, 6.07) is 0. The van der Waals surface area contributed by atoms with Gasteiger partial charge in [-0.3, -0.25) is 0 Å². The van der Waals surface area contributed by atoms with Crippen molar-refractivity contribution in [2.45, 2.75) is 50.5 Å². The second-order valence-corrected chi connectivity index (χ2v) is 7.01. The highest BCUT2D eigenvalue weighted by Gasteiger charge is 2.43. The van der Waals surface area contributed by atoms with Gasteiger partial charge in [-0.25, -0.2) is 0 Å². The van der Waals surface area contributed by atoms with Crippen molar-refractivity contribution in [1.29, 1.82) is 0 Å². The molecule has 7 nitrogen and oxygen atoms in total. The van der Waals surface area contributed by atoms with Gasteiger partial charge in [0.15, 0.2) is 5.84 Å². The van der Waals surface area contributed by atoms with Gasteiger partial charge in [0, 0.05) is 13.1 Å². The van der Waals surface area contributed by atoms with Crippen LogP contribution in [0.4, 0.5) is 0 Å².